The lowest BCUT2D eigenvalue weighted by Gasteiger charge is -2.41. The Bertz CT molecular complexity index is 2300. The molecule has 1 aromatic carbocycles. The summed E-state index contributed by atoms with van der Waals surface area (Å²) < 4.78 is 48.1. The number of amides is 2. The van der Waals surface area contributed by atoms with Crippen molar-refractivity contribution in [1.82, 2.24) is 34.0 Å². The molecule has 0 bridgehead atoms. The molecular formula is C34H33ClF3N9O5S. The number of nitrogens with one attached hydrogen (secondary N) is 1. The van der Waals surface area contributed by atoms with Crippen LogP contribution in [0.5, 0.6) is 5.75 Å². The first-order valence-electron chi connectivity index (χ1n) is 16.7. The normalized spacial score (nSPS) is 16.2. The number of halogens is 4. The Morgan fingerprint density at radius 3 is 2.68 bits per heavy atom. The molecule has 2 aliphatic heterocycles. The minimum atomic E-state index is -4.62. The molecule has 6 heterocycles. The Kier molecular flexibility index (Phi) is 9.62. The van der Waals surface area contributed by atoms with Crippen molar-refractivity contribution < 1.29 is 32.6 Å². The van der Waals surface area contributed by atoms with Gasteiger partial charge in [-0.25, -0.2) is 9.97 Å². The number of aryl methyl sites for hydroxylation is 1. The van der Waals surface area contributed by atoms with E-state index in [4.69, 9.17) is 21.3 Å². The molecular weight excluding hydrogens is 739 g/mol. The number of aromatic nitrogens is 6. The van der Waals surface area contributed by atoms with Crippen LogP contribution in [0.1, 0.15) is 51.7 Å². The van der Waals surface area contributed by atoms with Gasteiger partial charge in [0.2, 0.25) is 11.7 Å². The number of rotatable bonds is 7. The van der Waals surface area contributed by atoms with E-state index in [2.05, 4.69) is 20.4 Å². The van der Waals surface area contributed by atoms with E-state index in [1.165, 1.54) is 17.7 Å². The number of thiophene rings is 1. The summed E-state index contributed by atoms with van der Waals surface area (Å²) in [6.45, 7) is 6.49. The number of hydrogen-bond donors (Lipinski definition) is 2. The summed E-state index contributed by atoms with van der Waals surface area (Å²) in [5, 5.41) is 17.4. The van der Waals surface area contributed by atoms with E-state index >= 15 is 0 Å². The fourth-order valence-corrected chi connectivity index (χ4v) is 7.95. The lowest BCUT2D eigenvalue weighted by atomic mass is 10.1. The molecule has 2 aliphatic rings. The van der Waals surface area contributed by atoms with Gasteiger partial charge in [0, 0.05) is 30.6 Å². The first kappa shape index (κ1) is 36.3. The van der Waals surface area contributed by atoms with E-state index in [0.717, 1.165) is 44.5 Å². The van der Waals surface area contributed by atoms with Crippen molar-refractivity contribution in [2.45, 2.75) is 59.0 Å². The van der Waals surface area contributed by atoms with Gasteiger partial charge >= 0.3 is 6.18 Å². The van der Waals surface area contributed by atoms with Gasteiger partial charge in [-0.15, -0.1) is 16.4 Å². The quantitative estimate of drug-likeness (QED) is 0.237. The molecule has 19 heteroatoms. The standard InChI is InChI=1S/C34H33ClF3N9O5S/c1-4-23-28(44-8-9-45(17(2)13-44)31(50)27-29(49)18(3)39-16-40-27)32(51)47-33(42-30(43-47)24-11-19-7-10-52-15-25(19)53-24)46(23)14-26(48)41-22-6-5-20(12-21(22)35)34(36,37)38/h5-6,11-12,16-17,49H,4,7-10,13-15H2,1-3H3,(H,41,48)/t17-/m1/s1. The third-order valence-corrected chi connectivity index (χ3v) is 10.8. The minimum Gasteiger partial charge on any atom is -0.504 e. The van der Waals surface area contributed by atoms with Crippen LogP contribution in [0, 0.1) is 6.92 Å². The predicted molar refractivity (Wildman–Crippen MR) is 190 cm³/mol. The maximum absolute atomic E-state index is 14.4. The molecule has 53 heavy (non-hydrogen) atoms. The van der Waals surface area contributed by atoms with Crippen LogP contribution in [-0.2, 0) is 41.7 Å². The maximum Gasteiger partial charge on any atom is 0.416 e. The summed E-state index contributed by atoms with van der Waals surface area (Å²) >= 11 is 7.61. The van der Waals surface area contributed by atoms with E-state index in [1.54, 1.807) is 16.4 Å². The van der Waals surface area contributed by atoms with Gasteiger partial charge < -0.3 is 29.5 Å². The highest BCUT2D eigenvalue weighted by Gasteiger charge is 2.35. The van der Waals surface area contributed by atoms with Crippen LogP contribution in [0.15, 0.2) is 35.4 Å². The van der Waals surface area contributed by atoms with Crippen molar-refractivity contribution in [2.75, 3.05) is 36.5 Å². The number of carbonyl (C=O) groups excluding carboxylic acids is 2. The van der Waals surface area contributed by atoms with Crippen LogP contribution >= 0.6 is 22.9 Å². The molecule has 1 atom stereocenters. The van der Waals surface area contributed by atoms with Gasteiger partial charge in [0.15, 0.2) is 17.3 Å². The van der Waals surface area contributed by atoms with Gasteiger partial charge in [-0.2, -0.15) is 22.7 Å². The SMILES string of the molecule is CCc1c(N2CCN(C(=O)c3ncnc(C)c3O)[C@H](C)C2)c(=O)n2nc(-c3cc4c(s3)COCC4)nc2n1CC(=O)Nc1ccc(C(F)(F)F)cc1Cl. The van der Waals surface area contributed by atoms with E-state index in [-0.39, 0.29) is 77.7 Å². The van der Waals surface area contributed by atoms with Crippen LogP contribution < -0.4 is 15.8 Å². The Hall–Kier alpha value is -5.07. The van der Waals surface area contributed by atoms with Gasteiger partial charge in [0.1, 0.15) is 18.6 Å². The fourth-order valence-electron chi connectivity index (χ4n) is 6.64. The molecule has 1 saturated heterocycles. The predicted octanol–water partition coefficient (Wildman–Crippen LogP) is 4.72. The van der Waals surface area contributed by atoms with Gasteiger partial charge in [0.05, 0.1) is 45.8 Å². The number of hydrogen-bond acceptors (Lipinski definition) is 11. The Morgan fingerprint density at radius 1 is 1.19 bits per heavy atom. The first-order chi connectivity index (χ1) is 25.2. The number of aromatic hydroxyl groups is 1. The first-order valence-corrected chi connectivity index (χ1v) is 17.9. The Morgan fingerprint density at radius 2 is 1.98 bits per heavy atom. The summed E-state index contributed by atoms with van der Waals surface area (Å²) in [6, 6.07) is 4.18. The van der Waals surface area contributed by atoms with Crippen LogP contribution in [0.3, 0.4) is 0 Å². The molecule has 0 unspecified atom stereocenters. The number of anilines is 2. The van der Waals surface area contributed by atoms with Crippen molar-refractivity contribution >= 4 is 51.9 Å². The third kappa shape index (κ3) is 6.81. The van der Waals surface area contributed by atoms with Crippen LogP contribution in [-0.4, -0.2) is 83.2 Å². The lowest BCUT2D eigenvalue weighted by molar-refractivity contribution is -0.137. The number of carbonyl (C=O) groups is 2. The van der Waals surface area contributed by atoms with Gasteiger partial charge in [-0.1, -0.05) is 18.5 Å². The second-order valence-corrected chi connectivity index (χ2v) is 14.3. The van der Waals surface area contributed by atoms with E-state index in [0.29, 0.717) is 18.9 Å². The molecule has 278 valence electrons. The zero-order valence-electron chi connectivity index (χ0n) is 28.7. The second kappa shape index (κ2) is 14.1. The second-order valence-electron chi connectivity index (χ2n) is 12.7. The van der Waals surface area contributed by atoms with Crippen molar-refractivity contribution in [3.63, 3.8) is 0 Å². The Labute approximate surface area is 308 Å². The molecule has 5 aromatic rings. The summed E-state index contributed by atoms with van der Waals surface area (Å²) in [4.78, 5) is 59.3. The molecule has 2 N–H and O–H groups in total. The maximum atomic E-state index is 14.4. The summed E-state index contributed by atoms with van der Waals surface area (Å²) in [7, 11) is 0. The van der Waals surface area contributed by atoms with Gasteiger partial charge in [-0.3, -0.25) is 14.4 Å². The zero-order chi connectivity index (χ0) is 37.8. The number of ether oxygens (including phenoxy) is 1. The summed E-state index contributed by atoms with van der Waals surface area (Å²) in [6.07, 6.45) is -2.40. The van der Waals surface area contributed by atoms with Gasteiger partial charge in [-0.05, 0) is 56.5 Å². The topological polar surface area (TPSA) is 160 Å². The fraction of sp³-hybridized carbons (Fsp3) is 0.382. The summed E-state index contributed by atoms with van der Waals surface area (Å²) in [5.41, 5.74) is 0.529. The molecule has 0 saturated carbocycles. The summed E-state index contributed by atoms with van der Waals surface area (Å²) in [5.74, 6) is -1.03. The molecule has 7 rings (SSSR count). The van der Waals surface area contributed by atoms with Gasteiger partial charge in [0.25, 0.3) is 11.5 Å². The van der Waals surface area contributed by atoms with Crippen LogP contribution in [0.2, 0.25) is 5.02 Å². The molecule has 0 radical (unpaired) electrons. The highest BCUT2D eigenvalue weighted by molar-refractivity contribution is 7.15. The molecule has 0 aliphatic carbocycles. The van der Waals surface area contributed by atoms with E-state index in [1.807, 2.05) is 24.8 Å². The van der Waals surface area contributed by atoms with E-state index in [9.17, 15) is 32.7 Å². The number of alkyl halides is 3. The van der Waals surface area contributed by atoms with Crippen molar-refractivity contribution in [1.29, 1.82) is 0 Å². The molecule has 1 fully saturated rings. The minimum absolute atomic E-state index is 0.0203. The number of benzene rings is 1. The highest BCUT2D eigenvalue weighted by atomic mass is 35.5. The van der Waals surface area contributed by atoms with Crippen molar-refractivity contribution in [2.24, 2.45) is 0 Å². The smallest absolute Gasteiger partial charge is 0.416 e. The average Bonchev–Trinajstić information content (AvgIpc) is 3.76. The highest BCUT2D eigenvalue weighted by Crippen LogP contribution is 2.35. The van der Waals surface area contributed by atoms with E-state index < -0.39 is 35.2 Å². The number of nitrogens with zero attached hydrogens (tertiary/aromatic N) is 8. The number of fused-ring (bicyclic) bond motifs is 2. The molecule has 14 nitrogen and oxygen atoms in total. The van der Waals surface area contributed by atoms with Crippen LogP contribution in [0.25, 0.3) is 16.5 Å². The van der Waals surface area contributed by atoms with Crippen LogP contribution in [0.4, 0.5) is 24.5 Å². The molecule has 2 amide bonds. The van der Waals surface area contributed by atoms with Crippen molar-refractivity contribution in [3.8, 4) is 16.5 Å². The zero-order valence-corrected chi connectivity index (χ0v) is 30.3. The Balaban J connectivity index is 1.27. The lowest BCUT2D eigenvalue weighted by Crippen LogP contribution is -2.55. The number of piperazine rings is 1. The largest absolute Gasteiger partial charge is 0.504 e. The average molecular weight is 772 g/mol. The molecule has 4 aromatic heterocycles. The molecule has 0 spiro atoms. The monoisotopic (exact) mass is 771 g/mol. The third-order valence-electron chi connectivity index (χ3n) is 9.31. The van der Waals surface area contributed by atoms with Crippen molar-refractivity contribution in [3.05, 3.63) is 79.1 Å².